The molecule has 0 radical (unpaired) electrons. The van der Waals surface area contributed by atoms with Gasteiger partial charge >= 0.3 is 0 Å². The fourth-order valence-corrected chi connectivity index (χ4v) is 5.20. The summed E-state index contributed by atoms with van der Waals surface area (Å²) in [5.41, 5.74) is 1.96. The summed E-state index contributed by atoms with van der Waals surface area (Å²) in [5.74, 6) is -0.862. The summed E-state index contributed by atoms with van der Waals surface area (Å²) >= 11 is 9.41. The van der Waals surface area contributed by atoms with Gasteiger partial charge in [0.2, 0.25) is 21.8 Å². The fraction of sp³-hybridized carbons (Fsp3) is 0.231. The van der Waals surface area contributed by atoms with Crippen molar-refractivity contribution in [3.05, 3.63) is 99.5 Å². The second-order valence-corrected chi connectivity index (χ2v) is 11.5. The minimum absolute atomic E-state index is 0.113. The zero-order valence-corrected chi connectivity index (χ0v) is 23.1. The third-order valence-electron chi connectivity index (χ3n) is 5.55. The van der Waals surface area contributed by atoms with Crippen LogP contribution in [-0.2, 0) is 32.6 Å². The second kappa shape index (κ2) is 12.4. The van der Waals surface area contributed by atoms with Crippen LogP contribution in [0.1, 0.15) is 11.1 Å². The van der Waals surface area contributed by atoms with Crippen LogP contribution in [0, 0.1) is 0 Å². The van der Waals surface area contributed by atoms with Crippen LogP contribution >= 0.6 is 27.5 Å². The first kappa shape index (κ1) is 27.7. The van der Waals surface area contributed by atoms with Crippen molar-refractivity contribution >= 4 is 55.1 Å². The molecule has 0 aliphatic carbocycles. The van der Waals surface area contributed by atoms with Crippen LogP contribution in [0.2, 0.25) is 5.02 Å². The Kier molecular flexibility index (Phi) is 9.53. The number of likely N-dealkylation sites (N-methyl/N-ethyl adjacent to an activating group) is 1. The Hall–Kier alpha value is -2.88. The van der Waals surface area contributed by atoms with Crippen molar-refractivity contribution < 1.29 is 18.0 Å². The SMILES string of the molecule is CNC(=O)[C@H](Cc1ccccc1)N(Cc1cccc(Br)c1)C(=O)CN(c1ccc(Cl)cc1)S(C)(=O)=O. The first-order valence-corrected chi connectivity index (χ1v) is 14.1. The van der Waals surface area contributed by atoms with E-state index in [1.165, 1.54) is 24.1 Å². The van der Waals surface area contributed by atoms with E-state index in [9.17, 15) is 18.0 Å². The van der Waals surface area contributed by atoms with Gasteiger partial charge in [-0.05, 0) is 47.5 Å². The molecule has 1 atom stereocenters. The van der Waals surface area contributed by atoms with E-state index >= 15 is 0 Å². The number of hydrogen-bond donors (Lipinski definition) is 1. The van der Waals surface area contributed by atoms with Gasteiger partial charge < -0.3 is 10.2 Å². The Morgan fingerprint density at radius 1 is 0.972 bits per heavy atom. The first-order valence-electron chi connectivity index (χ1n) is 11.1. The van der Waals surface area contributed by atoms with Crippen molar-refractivity contribution in [3.63, 3.8) is 0 Å². The van der Waals surface area contributed by atoms with Crippen LogP contribution in [0.15, 0.2) is 83.3 Å². The topological polar surface area (TPSA) is 86.8 Å². The lowest BCUT2D eigenvalue weighted by molar-refractivity contribution is -0.139. The zero-order chi connectivity index (χ0) is 26.3. The Morgan fingerprint density at radius 3 is 2.19 bits per heavy atom. The molecular formula is C26H27BrClN3O4S. The number of nitrogens with zero attached hydrogens (tertiary/aromatic N) is 2. The van der Waals surface area contributed by atoms with E-state index in [1.807, 2.05) is 54.6 Å². The van der Waals surface area contributed by atoms with E-state index in [-0.39, 0.29) is 18.9 Å². The maximum atomic E-state index is 13.8. The van der Waals surface area contributed by atoms with Crippen molar-refractivity contribution in [2.75, 3.05) is 24.2 Å². The molecule has 0 heterocycles. The van der Waals surface area contributed by atoms with Gasteiger partial charge in [-0.15, -0.1) is 0 Å². The highest BCUT2D eigenvalue weighted by Gasteiger charge is 2.32. The van der Waals surface area contributed by atoms with Crippen molar-refractivity contribution in [3.8, 4) is 0 Å². The second-order valence-electron chi connectivity index (χ2n) is 8.22. The van der Waals surface area contributed by atoms with Crippen LogP contribution < -0.4 is 9.62 Å². The predicted molar refractivity (Wildman–Crippen MR) is 146 cm³/mol. The highest BCUT2D eigenvalue weighted by molar-refractivity contribution is 9.10. The number of amides is 2. The standard InChI is InChI=1S/C26H27BrClN3O4S/c1-29-26(33)24(16-19-7-4-3-5-8-19)30(17-20-9-6-10-21(27)15-20)25(32)18-31(36(2,34)35)23-13-11-22(28)12-14-23/h3-15,24H,16-18H2,1-2H3,(H,29,33)/t24-/m0/s1. The van der Waals surface area contributed by atoms with Gasteiger partial charge in [0.05, 0.1) is 11.9 Å². The highest BCUT2D eigenvalue weighted by Crippen LogP contribution is 2.22. The molecule has 3 rings (SSSR count). The van der Waals surface area contributed by atoms with Gasteiger partial charge in [-0.2, -0.15) is 0 Å². The molecule has 3 aromatic rings. The first-order chi connectivity index (χ1) is 17.1. The lowest BCUT2D eigenvalue weighted by Gasteiger charge is -2.33. The van der Waals surface area contributed by atoms with E-state index in [2.05, 4.69) is 21.2 Å². The van der Waals surface area contributed by atoms with Gasteiger partial charge in [-0.1, -0.05) is 70.0 Å². The third-order valence-corrected chi connectivity index (χ3v) is 7.44. The van der Waals surface area contributed by atoms with Gasteiger partial charge in [0, 0.05) is 29.5 Å². The summed E-state index contributed by atoms with van der Waals surface area (Å²) in [5, 5.41) is 3.09. The molecule has 190 valence electrons. The number of benzene rings is 3. The van der Waals surface area contributed by atoms with Crippen molar-refractivity contribution in [2.24, 2.45) is 0 Å². The molecule has 3 aromatic carbocycles. The Bertz CT molecular complexity index is 1300. The molecule has 0 saturated carbocycles. The minimum atomic E-state index is -3.81. The maximum Gasteiger partial charge on any atom is 0.244 e. The monoisotopic (exact) mass is 591 g/mol. The predicted octanol–water partition coefficient (Wildman–Crippen LogP) is 4.25. The van der Waals surface area contributed by atoms with Gasteiger partial charge in [0.15, 0.2) is 0 Å². The van der Waals surface area contributed by atoms with E-state index in [0.29, 0.717) is 10.7 Å². The number of carbonyl (C=O) groups excluding carboxylic acids is 2. The number of nitrogens with one attached hydrogen (secondary N) is 1. The number of hydrogen-bond acceptors (Lipinski definition) is 4. The molecule has 0 aliphatic rings. The molecule has 0 bridgehead atoms. The summed E-state index contributed by atoms with van der Waals surface area (Å²) in [7, 11) is -2.30. The van der Waals surface area contributed by atoms with E-state index in [1.54, 1.807) is 12.1 Å². The molecule has 0 saturated heterocycles. The zero-order valence-electron chi connectivity index (χ0n) is 19.9. The Morgan fingerprint density at radius 2 is 1.61 bits per heavy atom. The Balaban J connectivity index is 2.02. The Labute approximate surface area is 225 Å². The molecule has 2 amide bonds. The number of sulfonamides is 1. The number of anilines is 1. The summed E-state index contributed by atoms with van der Waals surface area (Å²) in [4.78, 5) is 28.3. The van der Waals surface area contributed by atoms with E-state index in [4.69, 9.17) is 11.6 Å². The molecule has 1 N–H and O–H groups in total. The fourth-order valence-electron chi connectivity index (χ4n) is 3.77. The van der Waals surface area contributed by atoms with Crippen LogP contribution in [0.3, 0.4) is 0 Å². The average molecular weight is 593 g/mol. The molecular weight excluding hydrogens is 566 g/mol. The minimum Gasteiger partial charge on any atom is -0.357 e. The van der Waals surface area contributed by atoms with Gasteiger partial charge in [0.25, 0.3) is 0 Å². The molecule has 0 fully saturated rings. The van der Waals surface area contributed by atoms with Crippen molar-refractivity contribution in [1.29, 1.82) is 0 Å². The van der Waals surface area contributed by atoms with E-state index in [0.717, 1.165) is 26.2 Å². The van der Waals surface area contributed by atoms with Gasteiger partial charge in [-0.3, -0.25) is 13.9 Å². The molecule has 10 heteroatoms. The van der Waals surface area contributed by atoms with Crippen LogP contribution in [0.5, 0.6) is 0 Å². The van der Waals surface area contributed by atoms with Crippen LogP contribution in [-0.4, -0.2) is 51.0 Å². The third kappa shape index (κ3) is 7.56. The summed E-state index contributed by atoms with van der Waals surface area (Å²) in [6, 6.07) is 22.1. The molecule has 7 nitrogen and oxygen atoms in total. The molecule has 0 aromatic heterocycles. The largest absolute Gasteiger partial charge is 0.357 e. The smallest absolute Gasteiger partial charge is 0.244 e. The lowest BCUT2D eigenvalue weighted by Crippen LogP contribution is -2.52. The summed E-state index contributed by atoms with van der Waals surface area (Å²) < 4.78 is 27.2. The van der Waals surface area contributed by atoms with Crippen molar-refractivity contribution in [1.82, 2.24) is 10.2 Å². The van der Waals surface area contributed by atoms with Crippen LogP contribution in [0.4, 0.5) is 5.69 Å². The molecule has 0 aliphatic heterocycles. The normalized spacial score (nSPS) is 12.0. The van der Waals surface area contributed by atoms with Gasteiger partial charge in [0.1, 0.15) is 12.6 Å². The maximum absolute atomic E-state index is 13.8. The molecule has 0 unspecified atom stereocenters. The average Bonchev–Trinajstić information content (AvgIpc) is 2.84. The van der Waals surface area contributed by atoms with E-state index < -0.39 is 28.5 Å². The number of carbonyl (C=O) groups is 2. The summed E-state index contributed by atoms with van der Waals surface area (Å²) in [6.07, 6.45) is 1.30. The molecule has 36 heavy (non-hydrogen) atoms. The van der Waals surface area contributed by atoms with Crippen molar-refractivity contribution in [2.45, 2.75) is 19.0 Å². The highest BCUT2D eigenvalue weighted by atomic mass is 79.9. The number of rotatable bonds is 10. The van der Waals surface area contributed by atoms with Crippen LogP contribution in [0.25, 0.3) is 0 Å². The summed E-state index contributed by atoms with van der Waals surface area (Å²) in [6.45, 7) is -0.363. The molecule has 0 spiro atoms. The quantitative estimate of drug-likeness (QED) is 0.381. The number of halogens is 2. The lowest BCUT2D eigenvalue weighted by atomic mass is 10.0. The van der Waals surface area contributed by atoms with Gasteiger partial charge in [-0.25, -0.2) is 8.42 Å².